The van der Waals surface area contributed by atoms with E-state index in [0.29, 0.717) is 17.9 Å². The number of nitrogen functional groups attached to an aromatic ring is 1. The molecule has 1 aliphatic carbocycles. The van der Waals surface area contributed by atoms with Crippen LogP contribution in [-0.4, -0.2) is 35.1 Å². The number of ether oxygens (including phenoxy) is 2. The third kappa shape index (κ3) is 3.07. The topological polar surface area (TPSA) is 79.4 Å². The van der Waals surface area contributed by atoms with Crippen molar-refractivity contribution in [3.05, 3.63) is 11.9 Å². The zero-order chi connectivity index (χ0) is 13.8. The third-order valence-electron chi connectivity index (χ3n) is 3.55. The van der Waals surface area contributed by atoms with E-state index in [1.807, 2.05) is 6.92 Å². The van der Waals surface area contributed by atoms with Gasteiger partial charge in [0.15, 0.2) is 5.69 Å². The van der Waals surface area contributed by atoms with Gasteiger partial charge in [0.25, 0.3) is 0 Å². The standard InChI is InChI=1S/C13H21N3O3/c1-3-16-12(11(14)8-15-16)13(17)19-10-6-4-5-9(7-10)18-2/h8-10H,3-7,14H2,1-2H3. The Balaban J connectivity index is 2.02. The number of hydrogen-bond donors (Lipinski definition) is 1. The second-order valence-corrected chi connectivity index (χ2v) is 4.82. The molecule has 0 aliphatic heterocycles. The summed E-state index contributed by atoms with van der Waals surface area (Å²) in [5, 5.41) is 4.05. The van der Waals surface area contributed by atoms with Crippen LogP contribution in [0.2, 0.25) is 0 Å². The number of rotatable bonds is 4. The van der Waals surface area contributed by atoms with Crippen LogP contribution in [0.4, 0.5) is 5.69 Å². The first-order valence-electron chi connectivity index (χ1n) is 6.70. The number of anilines is 1. The quantitative estimate of drug-likeness (QED) is 0.838. The molecule has 0 radical (unpaired) electrons. The predicted molar refractivity (Wildman–Crippen MR) is 70.8 cm³/mol. The van der Waals surface area contributed by atoms with E-state index in [4.69, 9.17) is 15.2 Å². The highest BCUT2D eigenvalue weighted by molar-refractivity contribution is 5.93. The monoisotopic (exact) mass is 267 g/mol. The fourth-order valence-corrected chi connectivity index (χ4v) is 2.49. The first kappa shape index (κ1) is 13.9. The molecule has 0 spiro atoms. The number of aromatic nitrogens is 2. The van der Waals surface area contributed by atoms with Gasteiger partial charge in [-0.15, -0.1) is 0 Å². The van der Waals surface area contributed by atoms with Crippen molar-refractivity contribution in [2.75, 3.05) is 12.8 Å². The summed E-state index contributed by atoms with van der Waals surface area (Å²) in [5.74, 6) is -0.390. The summed E-state index contributed by atoms with van der Waals surface area (Å²) < 4.78 is 12.4. The molecule has 1 fully saturated rings. The second kappa shape index (κ2) is 6.06. The molecule has 1 aliphatic rings. The molecule has 1 heterocycles. The Morgan fingerprint density at radius 1 is 1.53 bits per heavy atom. The third-order valence-corrected chi connectivity index (χ3v) is 3.55. The molecule has 1 aromatic heterocycles. The number of nitrogens with two attached hydrogens (primary N) is 1. The van der Waals surface area contributed by atoms with Gasteiger partial charge in [-0.25, -0.2) is 4.79 Å². The normalized spacial score (nSPS) is 23.3. The van der Waals surface area contributed by atoms with Crippen molar-refractivity contribution in [2.45, 2.75) is 51.4 Å². The minimum Gasteiger partial charge on any atom is -0.458 e. The molecule has 0 bridgehead atoms. The van der Waals surface area contributed by atoms with Crippen molar-refractivity contribution in [1.82, 2.24) is 9.78 Å². The Hall–Kier alpha value is -1.56. The van der Waals surface area contributed by atoms with Crippen molar-refractivity contribution in [3.63, 3.8) is 0 Å². The van der Waals surface area contributed by atoms with Crippen LogP contribution in [-0.2, 0) is 16.0 Å². The van der Waals surface area contributed by atoms with E-state index in [9.17, 15) is 4.79 Å². The lowest BCUT2D eigenvalue weighted by molar-refractivity contribution is -0.0156. The SMILES string of the molecule is CCn1ncc(N)c1C(=O)OC1CCCC(OC)C1. The van der Waals surface area contributed by atoms with E-state index in [1.165, 1.54) is 6.20 Å². The van der Waals surface area contributed by atoms with Gasteiger partial charge in [-0.2, -0.15) is 5.10 Å². The number of carbonyl (C=O) groups is 1. The van der Waals surface area contributed by atoms with Gasteiger partial charge in [0, 0.05) is 20.1 Å². The zero-order valence-electron chi connectivity index (χ0n) is 11.5. The highest BCUT2D eigenvalue weighted by atomic mass is 16.5. The Labute approximate surface area is 112 Å². The largest absolute Gasteiger partial charge is 0.458 e. The smallest absolute Gasteiger partial charge is 0.359 e. The van der Waals surface area contributed by atoms with Crippen molar-refractivity contribution in [1.29, 1.82) is 0 Å². The maximum Gasteiger partial charge on any atom is 0.359 e. The summed E-state index contributed by atoms with van der Waals surface area (Å²) >= 11 is 0. The Morgan fingerprint density at radius 3 is 2.95 bits per heavy atom. The van der Waals surface area contributed by atoms with Gasteiger partial charge in [-0.05, 0) is 26.2 Å². The van der Waals surface area contributed by atoms with Crippen molar-refractivity contribution in [3.8, 4) is 0 Å². The molecule has 106 valence electrons. The van der Waals surface area contributed by atoms with Crippen LogP contribution in [0.25, 0.3) is 0 Å². The van der Waals surface area contributed by atoms with Gasteiger partial charge in [0.05, 0.1) is 18.0 Å². The van der Waals surface area contributed by atoms with Gasteiger partial charge in [-0.3, -0.25) is 4.68 Å². The average Bonchev–Trinajstić information content (AvgIpc) is 2.80. The van der Waals surface area contributed by atoms with Crippen molar-refractivity contribution in [2.24, 2.45) is 0 Å². The Morgan fingerprint density at radius 2 is 2.26 bits per heavy atom. The minimum atomic E-state index is -0.390. The number of carbonyl (C=O) groups excluding carboxylic acids is 1. The van der Waals surface area contributed by atoms with Gasteiger partial charge in [-0.1, -0.05) is 0 Å². The van der Waals surface area contributed by atoms with Gasteiger partial charge >= 0.3 is 5.97 Å². The lowest BCUT2D eigenvalue weighted by Crippen LogP contribution is -2.30. The minimum absolute atomic E-state index is 0.0918. The van der Waals surface area contributed by atoms with Crippen LogP contribution in [0.15, 0.2) is 6.20 Å². The fraction of sp³-hybridized carbons (Fsp3) is 0.692. The van der Waals surface area contributed by atoms with Crippen LogP contribution in [0.3, 0.4) is 0 Å². The summed E-state index contributed by atoms with van der Waals surface area (Å²) in [7, 11) is 1.69. The highest BCUT2D eigenvalue weighted by Crippen LogP contribution is 2.24. The number of hydrogen-bond acceptors (Lipinski definition) is 5. The van der Waals surface area contributed by atoms with E-state index in [0.717, 1.165) is 25.7 Å². The van der Waals surface area contributed by atoms with Crippen molar-refractivity contribution >= 4 is 11.7 Å². The molecule has 1 saturated carbocycles. The Kier molecular flexibility index (Phi) is 4.42. The van der Waals surface area contributed by atoms with E-state index < -0.39 is 5.97 Å². The summed E-state index contributed by atoms with van der Waals surface area (Å²) in [6.07, 6.45) is 5.25. The molecular weight excluding hydrogens is 246 g/mol. The molecule has 0 amide bonds. The number of nitrogens with zero attached hydrogens (tertiary/aromatic N) is 2. The predicted octanol–water partition coefficient (Wildman–Crippen LogP) is 1.60. The molecule has 2 N–H and O–H groups in total. The first-order chi connectivity index (χ1) is 9.15. The number of methoxy groups -OCH3 is 1. The molecular formula is C13H21N3O3. The summed E-state index contributed by atoms with van der Waals surface area (Å²) in [4.78, 5) is 12.2. The molecule has 0 saturated heterocycles. The maximum atomic E-state index is 12.2. The van der Waals surface area contributed by atoms with Crippen molar-refractivity contribution < 1.29 is 14.3 Å². The van der Waals surface area contributed by atoms with E-state index >= 15 is 0 Å². The maximum absolute atomic E-state index is 12.2. The summed E-state index contributed by atoms with van der Waals surface area (Å²) in [5.41, 5.74) is 6.48. The van der Waals surface area contributed by atoms with Gasteiger partial charge in [0.1, 0.15) is 6.10 Å². The number of esters is 1. The lowest BCUT2D eigenvalue weighted by Gasteiger charge is -2.27. The molecule has 6 nitrogen and oxygen atoms in total. The molecule has 2 unspecified atom stereocenters. The number of aryl methyl sites for hydroxylation is 1. The molecule has 1 aromatic rings. The van der Waals surface area contributed by atoms with Gasteiger partial charge in [0.2, 0.25) is 0 Å². The molecule has 2 atom stereocenters. The molecule has 19 heavy (non-hydrogen) atoms. The molecule has 2 rings (SSSR count). The second-order valence-electron chi connectivity index (χ2n) is 4.82. The van der Waals surface area contributed by atoms with Crippen LogP contribution < -0.4 is 5.73 Å². The van der Waals surface area contributed by atoms with Crippen LogP contribution in [0.5, 0.6) is 0 Å². The molecule has 6 heteroatoms. The average molecular weight is 267 g/mol. The van der Waals surface area contributed by atoms with E-state index in [1.54, 1.807) is 11.8 Å². The molecule has 0 aromatic carbocycles. The highest BCUT2D eigenvalue weighted by Gasteiger charge is 2.27. The van der Waals surface area contributed by atoms with Crippen LogP contribution >= 0.6 is 0 Å². The van der Waals surface area contributed by atoms with Crippen LogP contribution in [0.1, 0.15) is 43.1 Å². The first-order valence-corrected chi connectivity index (χ1v) is 6.70. The Bertz CT molecular complexity index is 444. The summed E-state index contributed by atoms with van der Waals surface area (Å²) in [6.45, 7) is 2.50. The fourth-order valence-electron chi connectivity index (χ4n) is 2.49. The lowest BCUT2D eigenvalue weighted by atomic mass is 9.95. The zero-order valence-corrected chi connectivity index (χ0v) is 11.5. The summed E-state index contributed by atoms with van der Waals surface area (Å²) in [6, 6.07) is 0. The van der Waals surface area contributed by atoms with E-state index in [2.05, 4.69) is 5.10 Å². The van der Waals surface area contributed by atoms with Gasteiger partial charge < -0.3 is 15.2 Å². The van der Waals surface area contributed by atoms with Crippen LogP contribution in [0, 0.1) is 0 Å². The van der Waals surface area contributed by atoms with E-state index in [-0.39, 0.29) is 12.2 Å².